The van der Waals surface area contributed by atoms with Crippen LogP contribution in [0.15, 0.2) is 32.3 Å². The third kappa shape index (κ3) is 3.13. The number of nitrogens with zero attached hydrogens (tertiary/aromatic N) is 2. The van der Waals surface area contributed by atoms with Gasteiger partial charge in [0.1, 0.15) is 10.1 Å². The SMILES string of the molecule is CCOC(=O)C(C(=O)OCC)=C1Sc2nccnc2S1. The van der Waals surface area contributed by atoms with Gasteiger partial charge in [0.15, 0.2) is 5.57 Å². The first-order chi connectivity index (χ1) is 9.67. The molecule has 106 valence electrons. The Kier molecular flexibility index (Phi) is 5.02. The minimum absolute atomic E-state index is 0.0940. The number of hydrogen-bond acceptors (Lipinski definition) is 8. The van der Waals surface area contributed by atoms with Gasteiger partial charge in [0.2, 0.25) is 0 Å². The van der Waals surface area contributed by atoms with Gasteiger partial charge >= 0.3 is 11.9 Å². The number of carbonyl (C=O) groups excluding carboxylic acids is 2. The van der Waals surface area contributed by atoms with Crippen molar-refractivity contribution in [3.8, 4) is 0 Å². The molecule has 0 fully saturated rings. The maximum Gasteiger partial charge on any atom is 0.347 e. The molecule has 0 aliphatic carbocycles. The van der Waals surface area contributed by atoms with Crippen molar-refractivity contribution in [2.75, 3.05) is 13.2 Å². The summed E-state index contributed by atoms with van der Waals surface area (Å²) in [6, 6.07) is 0. The number of ether oxygens (including phenoxy) is 2. The quantitative estimate of drug-likeness (QED) is 0.361. The highest BCUT2D eigenvalue weighted by atomic mass is 32.2. The van der Waals surface area contributed by atoms with E-state index in [1.165, 1.54) is 23.5 Å². The summed E-state index contributed by atoms with van der Waals surface area (Å²) in [5.41, 5.74) is -0.0940. The summed E-state index contributed by atoms with van der Waals surface area (Å²) in [5.74, 6) is -1.37. The number of esters is 2. The lowest BCUT2D eigenvalue weighted by molar-refractivity contribution is -0.146. The Balaban J connectivity index is 2.34. The van der Waals surface area contributed by atoms with Gasteiger partial charge in [0, 0.05) is 12.4 Å². The van der Waals surface area contributed by atoms with E-state index in [0.717, 1.165) is 0 Å². The Bertz CT molecular complexity index is 527. The number of fused-ring (bicyclic) bond motifs is 1. The van der Waals surface area contributed by atoms with E-state index in [2.05, 4.69) is 9.97 Å². The Morgan fingerprint density at radius 2 is 1.45 bits per heavy atom. The molecule has 8 heteroatoms. The van der Waals surface area contributed by atoms with E-state index in [-0.39, 0.29) is 18.8 Å². The lowest BCUT2D eigenvalue weighted by Gasteiger charge is -2.08. The van der Waals surface area contributed by atoms with Crippen LogP contribution in [0.1, 0.15) is 13.8 Å². The maximum absolute atomic E-state index is 11.9. The first kappa shape index (κ1) is 14.9. The summed E-state index contributed by atoms with van der Waals surface area (Å²) in [7, 11) is 0. The maximum atomic E-state index is 11.9. The fraction of sp³-hybridized carbons (Fsp3) is 0.333. The predicted octanol–water partition coefficient (Wildman–Crippen LogP) is 2.01. The molecule has 1 aromatic heterocycles. The second kappa shape index (κ2) is 6.76. The van der Waals surface area contributed by atoms with Crippen LogP contribution in [0.5, 0.6) is 0 Å². The van der Waals surface area contributed by atoms with Crippen LogP contribution in [0, 0.1) is 0 Å². The molecular formula is C12H12N2O4S2. The van der Waals surface area contributed by atoms with Gasteiger partial charge in [-0.3, -0.25) is 0 Å². The van der Waals surface area contributed by atoms with Crippen LogP contribution >= 0.6 is 23.5 Å². The van der Waals surface area contributed by atoms with Crippen molar-refractivity contribution in [1.82, 2.24) is 9.97 Å². The number of carbonyl (C=O) groups is 2. The summed E-state index contributed by atoms with van der Waals surface area (Å²) in [5, 5.41) is 1.33. The Hall–Kier alpha value is -1.54. The van der Waals surface area contributed by atoms with Crippen molar-refractivity contribution >= 4 is 35.5 Å². The molecule has 0 aromatic carbocycles. The van der Waals surface area contributed by atoms with E-state index >= 15 is 0 Å². The second-order valence-electron chi connectivity index (χ2n) is 3.47. The van der Waals surface area contributed by atoms with Gasteiger partial charge < -0.3 is 9.47 Å². The molecule has 0 amide bonds. The van der Waals surface area contributed by atoms with E-state index in [0.29, 0.717) is 14.3 Å². The molecule has 0 saturated carbocycles. The van der Waals surface area contributed by atoms with Gasteiger partial charge in [-0.1, -0.05) is 23.5 Å². The largest absolute Gasteiger partial charge is 0.462 e. The zero-order valence-electron chi connectivity index (χ0n) is 10.9. The highest BCUT2D eigenvalue weighted by Gasteiger charge is 2.32. The smallest absolute Gasteiger partial charge is 0.347 e. The molecule has 1 aliphatic heterocycles. The average Bonchev–Trinajstić information content (AvgIpc) is 2.82. The van der Waals surface area contributed by atoms with Gasteiger partial charge in [0.25, 0.3) is 0 Å². The van der Waals surface area contributed by atoms with Crippen LogP contribution in [0.2, 0.25) is 0 Å². The molecule has 0 N–H and O–H groups in total. The molecule has 2 heterocycles. The van der Waals surface area contributed by atoms with Crippen LogP contribution in [0.3, 0.4) is 0 Å². The molecule has 0 atom stereocenters. The first-order valence-electron chi connectivity index (χ1n) is 5.92. The topological polar surface area (TPSA) is 78.4 Å². The molecule has 1 aliphatic rings. The van der Waals surface area contributed by atoms with Gasteiger partial charge in [-0.15, -0.1) is 0 Å². The van der Waals surface area contributed by atoms with Gasteiger partial charge in [-0.2, -0.15) is 0 Å². The highest BCUT2D eigenvalue weighted by Crippen LogP contribution is 2.50. The van der Waals surface area contributed by atoms with Crippen molar-refractivity contribution in [3.63, 3.8) is 0 Å². The molecule has 0 bridgehead atoms. The van der Waals surface area contributed by atoms with Crippen LogP contribution in [-0.4, -0.2) is 35.1 Å². The van der Waals surface area contributed by atoms with Crippen LogP contribution < -0.4 is 0 Å². The standard InChI is InChI=1S/C12H12N2O4S2/c1-3-17-10(15)7(11(16)18-4-2)12-19-8-9(20-12)14-6-5-13-8/h5-6H,3-4H2,1-2H3. The van der Waals surface area contributed by atoms with Crippen molar-refractivity contribution in [2.24, 2.45) is 0 Å². The molecule has 0 unspecified atom stereocenters. The molecule has 6 nitrogen and oxygen atoms in total. The van der Waals surface area contributed by atoms with Gasteiger partial charge in [-0.05, 0) is 13.8 Å². The molecule has 1 aromatic rings. The number of thioether (sulfide) groups is 2. The summed E-state index contributed by atoms with van der Waals surface area (Å²) in [4.78, 5) is 32.2. The molecule has 0 saturated heterocycles. The summed E-state index contributed by atoms with van der Waals surface area (Å²) < 4.78 is 10.3. The zero-order chi connectivity index (χ0) is 14.5. The van der Waals surface area contributed by atoms with E-state index in [9.17, 15) is 9.59 Å². The van der Waals surface area contributed by atoms with Gasteiger partial charge in [-0.25, -0.2) is 19.6 Å². The number of aromatic nitrogens is 2. The average molecular weight is 312 g/mol. The first-order valence-corrected chi connectivity index (χ1v) is 7.55. The van der Waals surface area contributed by atoms with Crippen LogP contribution in [0.4, 0.5) is 0 Å². The van der Waals surface area contributed by atoms with Crippen molar-refractivity contribution in [3.05, 3.63) is 22.2 Å². The third-order valence-corrected chi connectivity index (χ3v) is 4.57. The normalized spacial score (nSPS) is 12.8. The van der Waals surface area contributed by atoms with Crippen molar-refractivity contribution in [1.29, 1.82) is 0 Å². The summed E-state index contributed by atoms with van der Waals surface area (Å²) >= 11 is 2.44. The Labute approximate surface area is 124 Å². The van der Waals surface area contributed by atoms with E-state index in [1.807, 2.05) is 0 Å². The number of rotatable bonds is 4. The second-order valence-corrected chi connectivity index (χ2v) is 5.73. The minimum Gasteiger partial charge on any atom is -0.462 e. The zero-order valence-corrected chi connectivity index (χ0v) is 12.5. The monoisotopic (exact) mass is 312 g/mol. The summed E-state index contributed by atoms with van der Waals surface area (Å²) in [6.07, 6.45) is 3.12. The van der Waals surface area contributed by atoms with Crippen LogP contribution in [-0.2, 0) is 19.1 Å². The van der Waals surface area contributed by atoms with E-state index in [4.69, 9.17) is 9.47 Å². The van der Waals surface area contributed by atoms with E-state index in [1.54, 1.807) is 26.2 Å². The Morgan fingerprint density at radius 3 is 1.85 bits per heavy atom. The molecule has 2 rings (SSSR count). The molecule has 0 spiro atoms. The van der Waals surface area contributed by atoms with Crippen molar-refractivity contribution in [2.45, 2.75) is 23.9 Å². The summed E-state index contributed by atoms with van der Waals surface area (Å²) in [6.45, 7) is 3.73. The highest BCUT2D eigenvalue weighted by molar-refractivity contribution is 8.24. The predicted molar refractivity (Wildman–Crippen MR) is 74.0 cm³/mol. The van der Waals surface area contributed by atoms with Crippen LogP contribution in [0.25, 0.3) is 0 Å². The van der Waals surface area contributed by atoms with Gasteiger partial charge in [0.05, 0.1) is 17.5 Å². The lowest BCUT2D eigenvalue weighted by Crippen LogP contribution is -2.19. The lowest BCUT2D eigenvalue weighted by atomic mass is 10.3. The molecule has 0 radical (unpaired) electrons. The van der Waals surface area contributed by atoms with Crippen molar-refractivity contribution < 1.29 is 19.1 Å². The third-order valence-electron chi connectivity index (χ3n) is 2.18. The molecular weight excluding hydrogens is 300 g/mol. The Morgan fingerprint density at radius 1 is 1.00 bits per heavy atom. The fourth-order valence-electron chi connectivity index (χ4n) is 1.41. The number of hydrogen-bond donors (Lipinski definition) is 0. The fourth-order valence-corrected chi connectivity index (χ4v) is 3.69. The minimum atomic E-state index is -0.686. The molecule has 20 heavy (non-hydrogen) atoms. The van der Waals surface area contributed by atoms with E-state index < -0.39 is 11.9 Å².